The Morgan fingerprint density at radius 3 is 2.44 bits per heavy atom. The summed E-state index contributed by atoms with van der Waals surface area (Å²) in [6, 6.07) is 12.2. The third-order valence-corrected chi connectivity index (χ3v) is 5.41. The molecule has 0 unspecified atom stereocenters. The summed E-state index contributed by atoms with van der Waals surface area (Å²) in [7, 11) is -3.97. The van der Waals surface area contributed by atoms with Crippen LogP contribution < -0.4 is 9.08 Å². The molecule has 8 heteroatoms. The second-order valence-electron chi connectivity index (χ2n) is 5.50. The number of halogens is 1. The predicted molar refractivity (Wildman–Crippen MR) is 95.7 cm³/mol. The molecular weight excluding hydrogens is 364 g/mol. The lowest BCUT2D eigenvalue weighted by atomic mass is 10.3. The van der Waals surface area contributed by atoms with Gasteiger partial charge < -0.3 is 9.08 Å². The zero-order chi connectivity index (χ0) is 18.0. The van der Waals surface area contributed by atoms with Crippen LogP contribution in [0.1, 0.15) is 6.92 Å². The molecule has 0 atom stereocenters. The Hall–Kier alpha value is -2.25. The summed E-state index contributed by atoms with van der Waals surface area (Å²) in [5.41, 5.74) is 0.655. The standard InChI is InChI=1S/C17H17ClN2O4S/c1-2-19-10-11-20(17(19)21)14-6-8-16(9-7-14)25(22,23)24-15-5-3-4-13(18)12-15/h3-9,12H,2,10-11H2,1H3. The fourth-order valence-electron chi connectivity index (χ4n) is 2.60. The number of urea groups is 1. The molecular formula is C17H17ClN2O4S. The molecule has 2 aromatic carbocycles. The summed E-state index contributed by atoms with van der Waals surface area (Å²) in [6.07, 6.45) is 0. The lowest BCUT2D eigenvalue weighted by molar-refractivity contribution is 0.223. The number of hydrogen-bond acceptors (Lipinski definition) is 4. The van der Waals surface area contributed by atoms with Crippen LogP contribution in [0, 0.1) is 0 Å². The average molecular weight is 381 g/mol. The maximum absolute atomic E-state index is 12.4. The van der Waals surface area contributed by atoms with Crippen LogP contribution in [0.4, 0.5) is 10.5 Å². The van der Waals surface area contributed by atoms with Crippen molar-refractivity contribution in [3.8, 4) is 5.75 Å². The molecule has 0 aromatic heterocycles. The Morgan fingerprint density at radius 2 is 1.84 bits per heavy atom. The maximum atomic E-state index is 12.4. The molecule has 132 valence electrons. The first-order valence-corrected chi connectivity index (χ1v) is 9.56. The van der Waals surface area contributed by atoms with Gasteiger partial charge in [0.1, 0.15) is 10.6 Å². The van der Waals surface area contributed by atoms with Crippen LogP contribution in [0.15, 0.2) is 53.4 Å². The van der Waals surface area contributed by atoms with Gasteiger partial charge in [-0.3, -0.25) is 4.90 Å². The van der Waals surface area contributed by atoms with E-state index >= 15 is 0 Å². The molecule has 1 fully saturated rings. The SMILES string of the molecule is CCN1CCN(c2ccc(S(=O)(=O)Oc3cccc(Cl)c3)cc2)C1=O. The van der Waals surface area contributed by atoms with Crippen molar-refractivity contribution in [1.82, 2.24) is 4.90 Å². The van der Waals surface area contributed by atoms with Crippen LogP contribution in [-0.4, -0.2) is 39.0 Å². The van der Waals surface area contributed by atoms with E-state index in [1.165, 1.54) is 24.3 Å². The molecule has 0 saturated carbocycles. The van der Waals surface area contributed by atoms with E-state index < -0.39 is 10.1 Å². The van der Waals surface area contributed by atoms with Gasteiger partial charge in [0.15, 0.2) is 0 Å². The van der Waals surface area contributed by atoms with Crippen molar-refractivity contribution in [3.05, 3.63) is 53.6 Å². The molecule has 2 amide bonds. The largest absolute Gasteiger partial charge is 0.379 e. The first-order chi connectivity index (χ1) is 11.9. The highest BCUT2D eigenvalue weighted by molar-refractivity contribution is 7.87. The number of anilines is 1. The molecule has 0 N–H and O–H groups in total. The highest BCUT2D eigenvalue weighted by atomic mass is 35.5. The average Bonchev–Trinajstić information content (AvgIpc) is 2.95. The van der Waals surface area contributed by atoms with Crippen LogP contribution >= 0.6 is 11.6 Å². The smallest absolute Gasteiger partial charge is 0.339 e. The van der Waals surface area contributed by atoms with E-state index in [2.05, 4.69) is 0 Å². The van der Waals surface area contributed by atoms with Gasteiger partial charge in [-0.15, -0.1) is 0 Å². The van der Waals surface area contributed by atoms with E-state index in [-0.39, 0.29) is 16.7 Å². The second-order valence-corrected chi connectivity index (χ2v) is 7.49. The normalized spacial score (nSPS) is 14.9. The summed E-state index contributed by atoms with van der Waals surface area (Å²) >= 11 is 5.83. The van der Waals surface area contributed by atoms with E-state index in [9.17, 15) is 13.2 Å². The third kappa shape index (κ3) is 3.72. The molecule has 1 aliphatic rings. The van der Waals surface area contributed by atoms with Gasteiger partial charge in [-0.2, -0.15) is 8.42 Å². The number of likely N-dealkylation sites (N-methyl/N-ethyl adjacent to an activating group) is 1. The Morgan fingerprint density at radius 1 is 1.12 bits per heavy atom. The monoisotopic (exact) mass is 380 g/mol. The highest BCUT2D eigenvalue weighted by Gasteiger charge is 2.28. The lowest BCUT2D eigenvalue weighted by Crippen LogP contribution is -2.31. The van der Waals surface area contributed by atoms with Crippen molar-refractivity contribution in [2.45, 2.75) is 11.8 Å². The number of amides is 2. The summed E-state index contributed by atoms with van der Waals surface area (Å²) in [5.74, 6) is 0.143. The minimum absolute atomic E-state index is 0.00946. The number of rotatable bonds is 5. The Kier molecular flexibility index (Phi) is 4.87. The van der Waals surface area contributed by atoms with Gasteiger partial charge in [0.05, 0.1) is 0 Å². The third-order valence-electron chi connectivity index (χ3n) is 3.92. The number of hydrogen-bond donors (Lipinski definition) is 0. The van der Waals surface area contributed by atoms with Crippen molar-refractivity contribution in [2.24, 2.45) is 0 Å². The maximum Gasteiger partial charge on any atom is 0.339 e. The van der Waals surface area contributed by atoms with Crippen molar-refractivity contribution in [2.75, 3.05) is 24.5 Å². The molecule has 25 heavy (non-hydrogen) atoms. The van der Waals surface area contributed by atoms with Gasteiger partial charge in [0, 0.05) is 36.4 Å². The fourth-order valence-corrected chi connectivity index (χ4v) is 3.70. The zero-order valence-electron chi connectivity index (χ0n) is 13.6. The van der Waals surface area contributed by atoms with Gasteiger partial charge in [-0.25, -0.2) is 4.79 Å². The van der Waals surface area contributed by atoms with Crippen LogP contribution in [0.5, 0.6) is 5.75 Å². The van der Waals surface area contributed by atoms with E-state index in [0.29, 0.717) is 30.3 Å². The van der Waals surface area contributed by atoms with Crippen molar-refractivity contribution < 1.29 is 17.4 Å². The summed E-state index contributed by atoms with van der Waals surface area (Å²) in [5, 5.41) is 0.385. The molecule has 1 heterocycles. The molecule has 1 saturated heterocycles. The first-order valence-electron chi connectivity index (χ1n) is 7.77. The Labute approximate surface area is 151 Å². The van der Waals surface area contributed by atoms with Gasteiger partial charge in [0.2, 0.25) is 0 Å². The number of benzene rings is 2. The van der Waals surface area contributed by atoms with Gasteiger partial charge in [-0.1, -0.05) is 17.7 Å². The van der Waals surface area contributed by atoms with E-state index in [1.807, 2.05) is 6.92 Å². The van der Waals surface area contributed by atoms with Crippen molar-refractivity contribution in [1.29, 1.82) is 0 Å². The minimum Gasteiger partial charge on any atom is -0.379 e. The van der Waals surface area contributed by atoms with E-state index in [4.69, 9.17) is 15.8 Å². The van der Waals surface area contributed by atoms with Crippen LogP contribution in [-0.2, 0) is 10.1 Å². The molecule has 2 aromatic rings. The minimum atomic E-state index is -3.97. The molecule has 0 radical (unpaired) electrons. The van der Waals surface area contributed by atoms with E-state index in [0.717, 1.165) is 0 Å². The van der Waals surface area contributed by atoms with Crippen LogP contribution in [0.3, 0.4) is 0 Å². The van der Waals surface area contributed by atoms with Crippen molar-refractivity contribution in [3.63, 3.8) is 0 Å². The van der Waals surface area contributed by atoms with Crippen LogP contribution in [0.25, 0.3) is 0 Å². The highest BCUT2D eigenvalue weighted by Crippen LogP contribution is 2.25. The van der Waals surface area contributed by atoms with Crippen molar-refractivity contribution >= 4 is 33.4 Å². The molecule has 1 aliphatic heterocycles. The quantitative estimate of drug-likeness (QED) is 0.746. The van der Waals surface area contributed by atoms with E-state index in [1.54, 1.807) is 34.1 Å². The lowest BCUT2D eigenvalue weighted by Gasteiger charge is -2.17. The van der Waals surface area contributed by atoms with Crippen LogP contribution in [0.2, 0.25) is 5.02 Å². The molecule has 3 rings (SSSR count). The summed E-state index contributed by atoms with van der Waals surface area (Å²) in [6.45, 7) is 3.81. The zero-order valence-corrected chi connectivity index (χ0v) is 15.1. The molecule has 0 bridgehead atoms. The number of nitrogens with zero attached hydrogens (tertiary/aromatic N) is 2. The van der Waals surface area contributed by atoms with Gasteiger partial charge in [0.25, 0.3) is 0 Å². The Balaban J connectivity index is 1.79. The van der Waals surface area contributed by atoms with Gasteiger partial charge >= 0.3 is 16.1 Å². The molecule has 0 spiro atoms. The number of carbonyl (C=O) groups is 1. The molecule has 0 aliphatic carbocycles. The molecule has 6 nitrogen and oxygen atoms in total. The fraction of sp³-hybridized carbons (Fsp3) is 0.235. The Bertz CT molecular complexity index is 884. The summed E-state index contributed by atoms with van der Waals surface area (Å²) in [4.78, 5) is 15.5. The predicted octanol–water partition coefficient (Wildman–Crippen LogP) is 3.37. The summed E-state index contributed by atoms with van der Waals surface area (Å²) < 4.78 is 29.8. The second kappa shape index (κ2) is 6.93. The number of carbonyl (C=O) groups excluding carboxylic acids is 1. The topological polar surface area (TPSA) is 66.9 Å². The van der Waals surface area contributed by atoms with Gasteiger partial charge in [-0.05, 0) is 43.3 Å². The first kappa shape index (κ1) is 17.6.